The largest absolute Gasteiger partial charge is 0.465 e. The number of benzene rings is 2. The molecule has 0 spiro atoms. The molecule has 0 bridgehead atoms. The van der Waals surface area contributed by atoms with Gasteiger partial charge in [0.15, 0.2) is 0 Å². The lowest BCUT2D eigenvalue weighted by molar-refractivity contribution is 0.0937. The Bertz CT molecular complexity index is 1250. The van der Waals surface area contributed by atoms with Crippen LogP contribution in [0.5, 0.6) is 0 Å². The van der Waals surface area contributed by atoms with Crippen molar-refractivity contribution in [2.24, 2.45) is 11.7 Å². The Kier molecular flexibility index (Phi) is 6.63. The summed E-state index contributed by atoms with van der Waals surface area (Å²) < 4.78 is 1.71. The van der Waals surface area contributed by atoms with E-state index in [0.717, 1.165) is 11.1 Å². The fourth-order valence-electron chi connectivity index (χ4n) is 4.05. The van der Waals surface area contributed by atoms with Gasteiger partial charge in [0.1, 0.15) is 5.84 Å². The predicted octanol–water partition coefficient (Wildman–Crippen LogP) is 4.89. The van der Waals surface area contributed by atoms with Gasteiger partial charge in [-0.05, 0) is 49.8 Å². The zero-order valence-electron chi connectivity index (χ0n) is 19.8. The van der Waals surface area contributed by atoms with Crippen LogP contribution >= 0.6 is 0 Å². The summed E-state index contributed by atoms with van der Waals surface area (Å²) in [5.41, 5.74) is 7.70. The van der Waals surface area contributed by atoms with Crippen molar-refractivity contribution in [2.45, 2.75) is 53.2 Å². The Hall–Kier alpha value is -3.61. The fraction of sp³-hybridized carbons (Fsp3) is 0.346. The first-order valence-electron chi connectivity index (χ1n) is 11.0. The van der Waals surface area contributed by atoms with Gasteiger partial charge in [-0.25, -0.2) is 4.79 Å². The van der Waals surface area contributed by atoms with Crippen molar-refractivity contribution in [2.75, 3.05) is 0 Å². The summed E-state index contributed by atoms with van der Waals surface area (Å²) in [6.07, 6.45) is -1.05. The molecule has 0 atom stereocenters. The molecule has 174 valence electrons. The van der Waals surface area contributed by atoms with E-state index in [0.29, 0.717) is 28.6 Å². The highest BCUT2D eigenvalue weighted by atomic mass is 16.4. The molecule has 0 aliphatic heterocycles. The Morgan fingerprint density at radius 1 is 1.12 bits per heavy atom. The van der Waals surface area contributed by atoms with E-state index in [1.54, 1.807) is 22.8 Å². The predicted molar refractivity (Wildman–Crippen MR) is 133 cm³/mol. The summed E-state index contributed by atoms with van der Waals surface area (Å²) >= 11 is 0. The van der Waals surface area contributed by atoms with Gasteiger partial charge >= 0.3 is 6.09 Å². The van der Waals surface area contributed by atoms with Crippen LogP contribution in [0.3, 0.4) is 0 Å². The third kappa shape index (κ3) is 4.92. The Labute approximate surface area is 194 Å². The lowest BCUT2D eigenvalue weighted by Gasteiger charge is -2.35. The van der Waals surface area contributed by atoms with Gasteiger partial charge in [0, 0.05) is 34.3 Å². The van der Waals surface area contributed by atoms with Crippen LogP contribution < -0.4 is 11.3 Å². The standard InChI is InChI=1S/C26H32N4O3/c1-16(2)14-29-21(15-30(25(32)33)26(3,4)5)22(17-9-7-6-8-10-17)20-13-18(23(27)28)11-12-19(20)24(29)31/h6-13,16H,14-15H2,1-5H3,(H3,27,28)(H,32,33). The quantitative estimate of drug-likeness (QED) is 0.368. The first kappa shape index (κ1) is 24.0. The van der Waals surface area contributed by atoms with E-state index in [1.807, 2.05) is 65.0 Å². The van der Waals surface area contributed by atoms with E-state index < -0.39 is 11.6 Å². The molecular formula is C26H32N4O3. The molecule has 1 heterocycles. The summed E-state index contributed by atoms with van der Waals surface area (Å²) in [6.45, 7) is 10.1. The molecule has 4 N–H and O–H groups in total. The zero-order valence-corrected chi connectivity index (χ0v) is 19.8. The Morgan fingerprint density at radius 2 is 1.76 bits per heavy atom. The summed E-state index contributed by atoms with van der Waals surface area (Å²) in [5, 5.41) is 19.1. The van der Waals surface area contributed by atoms with E-state index >= 15 is 0 Å². The number of pyridine rings is 1. The lowest BCUT2D eigenvalue weighted by atomic mass is 9.94. The minimum atomic E-state index is -1.05. The highest BCUT2D eigenvalue weighted by Crippen LogP contribution is 2.33. The number of nitrogen functional groups attached to an aromatic ring is 1. The third-order valence-corrected chi connectivity index (χ3v) is 5.65. The third-order valence-electron chi connectivity index (χ3n) is 5.65. The van der Waals surface area contributed by atoms with Crippen molar-refractivity contribution in [3.63, 3.8) is 0 Å². The topological polar surface area (TPSA) is 112 Å². The van der Waals surface area contributed by atoms with E-state index in [1.165, 1.54) is 4.90 Å². The van der Waals surface area contributed by atoms with E-state index in [9.17, 15) is 14.7 Å². The number of fused-ring (bicyclic) bond motifs is 1. The van der Waals surface area contributed by atoms with Crippen LogP contribution in [0.25, 0.3) is 21.9 Å². The Morgan fingerprint density at radius 3 is 2.27 bits per heavy atom. The molecule has 0 fully saturated rings. The van der Waals surface area contributed by atoms with Gasteiger partial charge in [0.05, 0.1) is 6.54 Å². The number of aromatic nitrogens is 1. The van der Waals surface area contributed by atoms with E-state index in [-0.39, 0.29) is 23.9 Å². The number of hydrogen-bond acceptors (Lipinski definition) is 3. The maximum atomic E-state index is 13.7. The molecule has 33 heavy (non-hydrogen) atoms. The number of amides is 1. The summed E-state index contributed by atoms with van der Waals surface area (Å²) in [6, 6.07) is 14.8. The second-order valence-corrected chi connectivity index (χ2v) is 9.71. The second-order valence-electron chi connectivity index (χ2n) is 9.71. The highest BCUT2D eigenvalue weighted by molar-refractivity contribution is 6.03. The molecule has 0 unspecified atom stereocenters. The van der Waals surface area contributed by atoms with Crippen molar-refractivity contribution in [3.05, 3.63) is 70.1 Å². The fourth-order valence-corrected chi connectivity index (χ4v) is 4.05. The number of carboxylic acid groups (broad SMARTS) is 1. The van der Waals surface area contributed by atoms with Crippen LogP contribution in [-0.2, 0) is 13.1 Å². The minimum Gasteiger partial charge on any atom is -0.465 e. The molecule has 0 aliphatic rings. The SMILES string of the molecule is CC(C)Cn1c(CN(C(=O)O)C(C)(C)C)c(-c2ccccc2)c2cc(C(=N)N)ccc2c1=O. The van der Waals surface area contributed by atoms with Gasteiger partial charge in [-0.2, -0.15) is 0 Å². The van der Waals surface area contributed by atoms with Gasteiger partial charge in [-0.15, -0.1) is 0 Å². The normalized spacial score (nSPS) is 11.7. The van der Waals surface area contributed by atoms with Crippen molar-refractivity contribution in [1.29, 1.82) is 5.41 Å². The number of amidine groups is 1. The Balaban J connectivity index is 2.50. The van der Waals surface area contributed by atoms with Crippen LogP contribution in [0.1, 0.15) is 45.9 Å². The van der Waals surface area contributed by atoms with Gasteiger partial charge < -0.3 is 15.4 Å². The van der Waals surface area contributed by atoms with E-state index in [4.69, 9.17) is 11.1 Å². The maximum absolute atomic E-state index is 13.7. The first-order chi connectivity index (χ1) is 15.4. The lowest BCUT2D eigenvalue weighted by Crippen LogP contribution is -2.45. The number of carbonyl (C=O) groups is 1. The average Bonchev–Trinajstić information content (AvgIpc) is 2.73. The van der Waals surface area contributed by atoms with Gasteiger partial charge in [0.25, 0.3) is 5.56 Å². The van der Waals surface area contributed by atoms with Crippen molar-refractivity contribution in [1.82, 2.24) is 9.47 Å². The molecule has 7 heteroatoms. The highest BCUT2D eigenvalue weighted by Gasteiger charge is 2.29. The monoisotopic (exact) mass is 448 g/mol. The molecule has 2 aromatic carbocycles. The number of nitrogens with one attached hydrogen (secondary N) is 1. The van der Waals surface area contributed by atoms with Crippen molar-refractivity contribution >= 4 is 22.7 Å². The zero-order chi connectivity index (χ0) is 24.5. The van der Waals surface area contributed by atoms with Crippen LogP contribution in [0.2, 0.25) is 0 Å². The molecule has 0 aliphatic carbocycles. The van der Waals surface area contributed by atoms with Gasteiger partial charge in [-0.3, -0.25) is 15.1 Å². The van der Waals surface area contributed by atoms with Crippen LogP contribution in [0.4, 0.5) is 4.79 Å². The van der Waals surface area contributed by atoms with Gasteiger partial charge in [-0.1, -0.05) is 50.2 Å². The van der Waals surface area contributed by atoms with Crippen molar-refractivity contribution < 1.29 is 9.90 Å². The molecule has 0 saturated heterocycles. The first-order valence-corrected chi connectivity index (χ1v) is 11.0. The second kappa shape index (κ2) is 9.10. The molecule has 0 saturated carbocycles. The molecule has 1 aromatic heterocycles. The molecule has 7 nitrogen and oxygen atoms in total. The van der Waals surface area contributed by atoms with Crippen LogP contribution in [0, 0.1) is 11.3 Å². The van der Waals surface area contributed by atoms with Crippen LogP contribution in [-0.4, -0.2) is 32.0 Å². The summed E-state index contributed by atoms with van der Waals surface area (Å²) in [7, 11) is 0. The van der Waals surface area contributed by atoms with Gasteiger partial charge in [0.2, 0.25) is 0 Å². The molecule has 1 amide bonds. The van der Waals surface area contributed by atoms with E-state index in [2.05, 4.69) is 0 Å². The molecule has 3 aromatic rings. The number of nitrogens with two attached hydrogens (primary N) is 1. The molecular weight excluding hydrogens is 416 g/mol. The number of hydrogen-bond donors (Lipinski definition) is 3. The van der Waals surface area contributed by atoms with Crippen LogP contribution in [0.15, 0.2) is 53.3 Å². The summed E-state index contributed by atoms with van der Waals surface area (Å²) in [5.74, 6) is 0.0811. The van der Waals surface area contributed by atoms with Crippen molar-refractivity contribution in [3.8, 4) is 11.1 Å². The minimum absolute atomic E-state index is 0.0469. The average molecular weight is 449 g/mol. The smallest absolute Gasteiger partial charge is 0.408 e. The number of rotatable bonds is 6. The number of nitrogens with zero attached hydrogens (tertiary/aromatic N) is 2. The molecule has 3 rings (SSSR count). The maximum Gasteiger partial charge on any atom is 0.408 e. The molecule has 0 radical (unpaired) electrons. The summed E-state index contributed by atoms with van der Waals surface area (Å²) in [4.78, 5) is 27.2.